The molecule has 1 aliphatic rings. The van der Waals surface area contributed by atoms with E-state index < -0.39 is 0 Å². The normalized spacial score (nSPS) is 14.1. The summed E-state index contributed by atoms with van der Waals surface area (Å²) in [5.41, 5.74) is 2.05. The molecule has 0 aliphatic carbocycles. The smallest absolute Gasteiger partial charge is 0.321 e. The third-order valence-electron chi connectivity index (χ3n) is 5.06. The van der Waals surface area contributed by atoms with Gasteiger partial charge in [-0.05, 0) is 31.0 Å². The van der Waals surface area contributed by atoms with Crippen molar-refractivity contribution in [1.82, 2.24) is 24.4 Å². The van der Waals surface area contributed by atoms with Gasteiger partial charge in [0, 0.05) is 50.3 Å². The van der Waals surface area contributed by atoms with E-state index in [0.717, 1.165) is 36.8 Å². The molecule has 3 heterocycles. The number of anilines is 2. The Balaban J connectivity index is 1.40. The highest BCUT2D eigenvalue weighted by molar-refractivity contribution is 5.89. The number of aryl methyl sites for hydroxylation is 2. The van der Waals surface area contributed by atoms with Crippen molar-refractivity contribution in [3.8, 4) is 5.82 Å². The highest BCUT2D eigenvalue weighted by Gasteiger charge is 2.22. The maximum absolute atomic E-state index is 12.6. The first-order valence-electron chi connectivity index (χ1n) is 9.86. The highest BCUT2D eigenvalue weighted by atomic mass is 16.2. The summed E-state index contributed by atoms with van der Waals surface area (Å²) < 4.78 is 1.87. The third-order valence-corrected chi connectivity index (χ3v) is 5.06. The van der Waals surface area contributed by atoms with E-state index in [1.807, 2.05) is 46.9 Å². The number of hydrogen-bond donors (Lipinski definition) is 1. The number of nitrogens with one attached hydrogen (secondary N) is 1. The fraction of sp³-hybridized carbons (Fsp3) is 0.333. The number of nitrogens with zero attached hydrogens (tertiary/aromatic N) is 6. The lowest BCUT2D eigenvalue weighted by molar-refractivity contribution is 0.208. The zero-order chi connectivity index (χ0) is 20.2. The lowest BCUT2D eigenvalue weighted by Gasteiger charge is -2.35. The number of hydrogen-bond acceptors (Lipinski definition) is 5. The Morgan fingerprint density at radius 2 is 1.90 bits per heavy atom. The maximum Gasteiger partial charge on any atom is 0.321 e. The molecule has 1 saturated heterocycles. The van der Waals surface area contributed by atoms with Gasteiger partial charge in [-0.15, -0.1) is 0 Å². The Kier molecular flexibility index (Phi) is 5.41. The minimum Gasteiger partial charge on any atom is -0.353 e. The third kappa shape index (κ3) is 4.37. The van der Waals surface area contributed by atoms with Gasteiger partial charge in [-0.2, -0.15) is 0 Å². The van der Waals surface area contributed by atoms with Crippen molar-refractivity contribution in [2.45, 2.75) is 20.3 Å². The second kappa shape index (κ2) is 8.30. The molecule has 2 aromatic heterocycles. The first-order valence-corrected chi connectivity index (χ1v) is 9.86. The van der Waals surface area contributed by atoms with E-state index in [2.05, 4.69) is 38.2 Å². The topological polar surface area (TPSA) is 79.2 Å². The maximum atomic E-state index is 12.6. The number of piperazine rings is 1. The average Bonchev–Trinajstić information content (AvgIpc) is 3.28. The van der Waals surface area contributed by atoms with Crippen LogP contribution in [0.15, 0.2) is 49.1 Å². The van der Waals surface area contributed by atoms with Gasteiger partial charge in [-0.3, -0.25) is 4.57 Å². The molecular weight excluding hydrogens is 366 g/mol. The molecule has 0 bridgehead atoms. The van der Waals surface area contributed by atoms with E-state index in [9.17, 15) is 4.79 Å². The van der Waals surface area contributed by atoms with Crippen LogP contribution in [0.4, 0.5) is 16.3 Å². The molecule has 4 rings (SSSR count). The summed E-state index contributed by atoms with van der Waals surface area (Å²) in [4.78, 5) is 29.8. The average molecular weight is 391 g/mol. The van der Waals surface area contributed by atoms with Crippen LogP contribution in [0.5, 0.6) is 0 Å². The zero-order valence-electron chi connectivity index (χ0n) is 16.7. The second-order valence-corrected chi connectivity index (χ2v) is 7.06. The molecule has 0 spiro atoms. The van der Waals surface area contributed by atoms with Crippen molar-refractivity contribution in [1.29, 1.82) is 0 Å². The summed E-state index contributed by atoms with van der Waals surface area (Å²) in [6.07, 6.45) is 6.26. The van der Waals surface area contributed by atoms with Crippen LogP contribution in [0, 0.1) is 6.92 Å². The molecular formula is C21H25N7O. The van der Waals surface area contributed by atoms with E-state index in [1.165, 1.54) is 5.56 Å². The summed E-state index contributed by atoms with van der Waals surface area (Å²) in [6.45, 7) is 6.72. The van der Waals surface area contributed by atoms with Crippen molar-refractivity contribution >= 4 is 17.5 Å². The lowest BCUT2D eigenvalue weighted by Crippen LogP contribution is -2.50. The molecule has 0 saturated carbocycles. The van der Waals surface area contributed by atoms with Crippen molar-refractivity contribution < 1.29 is 4.79 Å². The predicted octanol–water partition coefficient (Wildman–Crippen LogP) is 2.89. The summed E-state index contributed by atoms with van der Waals surface area (Å²) in [7, 11) is 0. The van der Waals surface area contributed by atoms with Gasteiger partial charge >= 0.3 is 6.03 Å². The van der Waals surface area contributed by atoms with Crippen LogP contribution < -0.4 is 10.2 Å². The fourth-order valence-electron chi connectivity index (χ4n) is 3.44. The number of aromatic nitrogens is 4. The lowest BCUT2D eigenvalue weighted by atomic mass is 10.1. The quantitative estimate of drug-likeness (QED) is 0.740. The molecule has 1 fully saturated rings. The standard InChI is InChI=1S/C21H25N7O/c1-3-17-5-4-6-18(13-17)25-21(29)27-11-9-26(10-12-27)19-14-20(24-16(2)23-19)28-8-7-22-15-28/h4-8,13-15H,3,9-12H2,1-2H3,(H,25,29). The number of imidazole rings is 1. The number of carbonyl (C=O) groups is 1. The molecule has 1 aliphatic heterocycles. The van der Waals surface area contributed by atoms with E-state index >= 15 is 0 Å². The van der Waals surface area contributed by atoms with Crippen LogP contribution in [0.2, 0.25) is 0 Å². The number of benzene rings is 1. The summed E-state index contributed by atoms with van der Waals surface area (Å²) in [5.74, 6) is 2.38. The van der Waals surface area contributed by atoms with Crippen molar-refractivity contribution in [3.05, 3.63) is 60.4 Å². The van der Waals surface area contributed by atoms with Crippen molar-refractivity contribution in [3.63, 3.8) is 0 Å². The van der Waals surface area contributed by atoms with E-state index in [-0.39, 0.29) is 6.03 Å². The first kappa shape index (κ1) is 18.9. The Morgan fingerprint density at radius 1 is 1.10 bits per heavy atom. The molecule has 1 aromatic carbocycles. The number of amides is 2. The zero-order valence-corrected chi connectivity index (χ0v) is 16.7. The van der Waals surface area contributed by atoms with Gasteiger partial charge in [-0.1, -0.05) is 19.1 Å². The second-order valence-electron chi connectivity index (χ2n) is 7.06. The Labute approximate surface area is 170 Å². The molecule has 8 heteroatoms. The van der Waals surface area contributed by atoms with E-state index in [0.29, 0.717) is 18.9 Å². The monoisotopic (exact) mass is 391 g/mol. The highest BCUT2D eigenvalue weighted by Crippen LogP contribution is 2.18. The van der Waals surface area contributed by atoms with Crippen LogP contribution in [0.25, 0.3) is 5.82 Å². The first-order chi connectivity index (χ1) is 14.1. The Morgan fingerprint density at radius 3 is 2.62 bits per heavy atom. The van der Waals surface area contributed by atoms with Crippen LogP contribution in [-0.4, -0.2) is 56.6 Å². The predicted molar refractivity (Wildman–Crippen MR) is 113 cm³/mol. The number of rotatable bonds is 4. The molecule has 0 atom stereocenters. The van der Waals surface area contributed by atoms with Gasteiger partial charge in [0.25, 0.3) is 0 Å². The van der Waals surface area contributed by atoms with Crippen molar-refractivity contribution in [2.75, 3.05) is 36.4 Å². The van der Waals surface area contributed by atoms with Crippen LogP contribution in [-0.2, 0) is 6.42 Å². The molecule has 150 valence electrons. The molecule has 1 N–H and O–H groups in total. The van der Waals surface area contributed by atoms with E-state index in [4.69, 9.17) is 0 Å². The van der Waals surface area contributed by atoms with E-state index in [1.54, 1.807) is 12.5 Å². The molecule has 0 unspecified atom stereocenters. The molecule has 8 nitrogen and oxygen atoms in total. The summed E-state index contributed by atoms with van der Waals surface area (Å²) in [5, 5.41) is 3.01. The largest absolute Gasteiger partial charge is 0.353 e. The van der Waals surface area contributed by atoms with Gasteiger partial charge in [0.2, 0.25) is 0 Å². The SMILES string of the molecule is CCc1cccc(NC(=O)N2CCN(c3cc(-n4ccnc4)nc(C)n3)CC2)c1. The minimum absolute atomic E-state index is 0.0594. The Bertz CT molecular complexity index is 978. The van der Waals surface area contributed by atoms with Crippen LogP contribution in [0.1, 0.15) is 18.3 Å². The van der Waals surface area contributed by atoms with Crippen LogP contribution in [0.3, 0.4) is 0 Å². The van der Waals surface area contributed by atoms with Gasteiger partial charge in [0.15, 0.2) is 0 Å². The fourth-order valence-corrected chi connectivity index (χ4v) is 3.44. The summed E-state index contributed by atoms with van der Waals surface area (Å²) >= 11 is 0. The van der Waals surface area contributed by atoms with Crippen LogP contribution >= 0.6 is 0 Å². The Hall–Kier alpha value is -3.42. The molecule has 29 heavy (non-hydrogen) atoms. The van der Waals surface area contributed by atoms with Crippen molar-refractivity contribution in [2.24, 2.45) is 0 Å². The van der Waals surface area contributed by atoms with Gasteiger partial charge in [0.05, 0.1) is 0 Å². The number of urea groups is 1. The minimum atomic E-state index is -0.0594. The van der Waals surface area contributed by atoms with Gasteiger partial charge in [-0.25, -0.2) is 19.7 Å². The summed E-state index contributed by atoms with van der Waals surface area (Å²) in [6, 6.07) is 9.89. The number of carbonyl (C=O) groups excluding carboxylic acids is 1. The molecule has 3 aromatic rings. The molecule has 2 amide bonds. The van der Waals surface area contributed by atoms with Gasteiger partial charge < -0.3 is 15.1 Å². The molecule has 0 radical (unpaired) electrons. The van der Waals surface area contributed by atoms with Gasteiger partial charge in [0.1, 0.15) is 23.8 Å².